The van der Waals surface area contributed by atoms with Gasteiger partial charge in [0.1, 0.15) is 11.4 Å². The number of carbonyl (C=O) groups is 1. The lowest BCUT2D eigenvalue weighted by molar-refractivity contribution is -0.117. The van der Waals surface area contributed by atoms with Crippen molar-refractivity contribution in [2.75, 3.05) is 10.2 Å². The molecule has 0 aliphatic carbocycles. The summed E-state index contributed by atoms with van der Waals surface area (Å²) >= 11 is 0. The number of hydrazine groups is 1. The third kappa shape index (κ3) is 2.83. The number of carbonyl (C=O) groups excluding carboxylic acids is 1. The number of nitriles is 1. The molecule has 1 aromatic rings. The first-order chi connectivity index (χ1) is 9.44. The van der Waals surface area contributed by atoms with Crippen molar-refractivity contribution in [3.05, 3.63) is 23.8 Å². The molecule has 0 saturated carbocycles. The maximum Gasteiger partial charge on any atom is 0.261 e. The molecule has 0 aromatic heterocycles. The molecule has 1 aliphatic heterocycles. The molecule has 20 heavy (non-hydrogen) atoms. The van der Waals surface area contributed by atoms with Crippen LogP contribution in [0.15, 0.2) is 18.2 Å². The van der Waals surface area contributed by atoms with Gasteiger partial charge in [-0.15, -0.1) is 0 Å². The van der Waals surface area contributed by atoms with E-state index in [1.165, 1.54) is 12.1 Å². The number of amides is 1. The van der Waals surface area contributed by atoms with Gasteiger partial charge in [-0.1, -0.05) is 6.07 Å². The Morgan fingerprint density at radius 2 is 2.20 bits per heavy atom. The molecule has 1 aliphatic rings. The monoisotopic (exact) mass is 295 g/mol. The third-order valence-corrected chi connectivity index (χ3v) is 4.30. The number of phenolic OH excluding ortho intramolecular Hbond substituents is 1. The van der Waals surface area contributed by atoms with Crippen molar-refractivity contribution < 1.29 is 18.3 Å². The zero-order valence-electron chi connectivity index (χ0n) is 10.5. The topological polar surface area (TPSA) is 111 Å². The molecule has 1 fully saturated rings. The highest BCUT2D eigenvalue weighted by atomic mass is 32.2. The zero-order chi connectivity index (χ0) is 14.8. The van der Waals surface area contributed by atoms with Crippen LogP contribution in [0.25, 0.3) is 0 Å². The van der Waals surface area contributed by atoms with Crippen molar-refractivity contribution in [1.82, 2.24) is 5.43 Å². The van der Waals surface area contributed by atoms with E-state index in [0.717, 1.165) is 5.56 Å². The van der Waals surface area contributed by atoms with Crippen LogP contribution in [-0.2, 0) is 21.2 Å². The Balaban J connectivity index is 2.22. The van der Waals surface area contributed by atoms with Crippen molar-refractivity contribution in [2.45, 2.75) is 19.3 Å². The Morgan fingerprint density at radius 1 is 1.45 bits per heavy atom. The first-order valence-corrected chi connectivity index (χ1v) is 7.56. The number of nitrogens with one attached hydrogen (secondary N) is 1. The fourth-order valence-electron chi connectivity index (χ4n) is 1.92. The summed E-state index contributed by atoms with van der Waals surface area (Å²) in [5, 5.41) is 18.4. The summed E-state index contributed by atoms with van der Waals surface area (Å²) in [6.07, 6.45) is 1.69. The predicted octanol–water partition coefficient (Wildman–Crippen LogP) is 0.419. The van der Waals surface area contributed by atoms with Crippen LogP contribution in [0.4, 0.5) is 5.69 Å². The number of aryl methyl sites for hydroxylation is 1. The fourth-order valence-corrected chi connectivity index (χ4v) is 3.14. The van der Waals surface area contributed by atoms with Gasteiger partial charge in [0.25, 0.3) is 15.9 Å². The van der Waals surface area contributed by atoms with Crippen molar-refractivity contribution >= 4 is 21.6 Å². The third-order valence-electron chi connectivity index (χ3n) is 2.83. The van der Waals surface area contributed by atoms with E-state index in [0.29, 0.717) is 23.7 Å². The van der Waals surface area contributed by atoms with Crippen molar-refractivity contribution in [3.63, 3.8) is 0 Å². The largest absolute Gasteiger partial charge is 0.506 e. The highest BCUT2D eigenvalue weighted by molar-refractivity contribution is 7.93. The van der Waals surface area contributed by atoms with Crippen molar-refractivity contribution in [2.24, 2.45) is 0 Å². The summed E-state index contributed by atoms with van der Waals surface area (Å²) in [5.74, 6) is -1.50. The summed E-state index contributed by atoms with van der Waals surface area (Å²) in [5.41, 5.74) is 2.99. The number of hydrogen-bond acceptors (Lipinski definition) is 5. The van der Waals surface area contributed by atoms with Gasteiger partial charge in [0.15, 0.2) is 5.75 Å². The molecule has 2 N–H and O–H groups in total. The van der Waals surface area contributed by atoms with E-state index in [1.54, 1.807) is 6.07 Å². The van der Waals surface area contributed by atoms with Crippen molar-refractivity contribution in [3.8, 4) is 11.8 Å². The number of anilines is 1. The average Bonchev–Trinajstić information content (AvgIpc) is 2.63. The van der Waals surface area contributed by atoms with Gasteiger partial charge in [-0.25, -0.2) is 8.42 Å². The van der Waals surface area contributed by atoms with Gasteiger partial charge in [-0.3, -0.25) is 10.2 Å². The maximum absolute atomic E-state index is 11.7. The second-order valence-electron chi connectivity index (χ2n) is 4.39. The fraction of sp³-hybridized carbons (Fsp3) is 0.333. The molecular formula is C12H13N3O4S. The molecule has 1 amide bonds. The van der Waals surface area contributed by atoms with Crippen LogP contribution in [-0.4, -0.2) is 25.2 Å². The molecule has 106 valence electrons. The summed E-state index contributed by atoms with van der Waals surface area (Å²) in [6, 6.07) is 6.55. The molecule has 1 heterocycles. The van der Waals surface area contributed by atoms with Gasteiger partial charge in [0.2, 0.25) is 0 Å². The Hall–Kier alpha value is -2.27. The van der Waals surface area contributed by atoms with Crippen LogP contribution >= 0.6 is 0 Å². The zero-order valence-corrected chi connectivity index (χ0v) is 11.4. The quantitative estimate of drug-likeness (QED) is 0.782. The molecule has 7 nitrogen and oxygen atoms in total. The molecule has 0 unspecified atom stereocenters. The normalized spacial score (nSPS) is 16.8. The van der Waals surface area contributed by atoms with Crippen LogP contribution in [0, 0.1) is 11.3 Å². The molecule has 8 heteroatoms. The molecule has 1 aromatic carbocycles. The Morgan fingerprint density at radius 3 is 2.75 bits per heavy atom. The van der Waals surface area contributed by atoms with Crippen LogP contribution < -0.4 is 9.84 Å². The molecule has 0 bridgehead atoms. The lowest BCUT2D eigenvalue weighted by Crippen LogP contribution is -2.35. The van der Waals surface area contributed by atoms with E-state index in [1.807, 2.05) is 6.07 Å². The number of sulfonamides is 1. The summed E-state index contributed by atoms with van der Waals surface area (Å²) in [6.45, 7) is 0. The Bertz CT molecular complexity index is 678. The molecule has 1 saturated heterocycles. The number of hydrogen-bond donors (Lipinski definition) is 2. The smallest absolute Gasteiger partial charge is 0.261 e. The maximum atomic E-state index is 11.7. The van der Waals surface area contributed by atoms with Gasteiger partial charge in [-0.05, 0) is 30.5 Å². The molecule has 2 rings (SSSR count). The van der Waals surface area contributed by atoms with E-state index in [9.17, 15) is 18.3 Å². The summed E-state index contributed by atoms with van der Waals surface area (Å²) in [4.78, 5) is 11.2. The van der Waals surface area contributed by atoms with E-state index in [4.69, 9.17) is 5.26 Å². The average molecular weight is 295 g/mol. The molecule has 0 atom stereocenters. The van der Waals surface area contributed by atoms with E-state index < -0.39 is 21.7 Å². The number of unbranched alkanes of at least 4 members (excludes halogenated alkanes) is 1. The van der Waals surface area contributed by atoms with Gasteiger partial charge < -0.3 is 5.11 Å². The van der Waals surface area contributed by atoms with Crippen molar-refractivity contribution in [1.29, 1.82) is 5.26 Å². The van der Waals surface area contributed by atoms with E-state index >= 15 is 0 Å². The van der Waals surface area contributed by atoms with Gasteiger partial charge in [0, 0.05) is 6.42 Å². The second kappa shape index (κ2) is 5.38. The highest BCUT2D eigenvalue weighted by Gasteiger charge is 2.36. The highest BCUT2D eigenvalue weighted by Crippen LogP contribution is 2.31. The van der Waals surface area contributed by atoms with E-state index in [2.05, 4.69) is 5.43 Å². The summed E-state index contributed by atoms with van der Waals surface area (Å²) in [7, 11) is -3.78. The molecule has 0 radical (unpaired) electrons. The first kappa shape index (κ1) is 14.1. The van der Waals surface area contributed by atoms with Crippen LogP contribution in [0.3, 0.4) is 0 Å². The summed E-state index contributed by atoms with van der Waals surface area (Å²) < 4.78 is 24.1. The lowest BCUT2D eigenvalue weighted by Gasteiger charge is -2.17. The SMILES string of the molecule is N#CCCCc1ccc(N2NC(=O)CS2(=O)=O)c(O)c1. The van der Waals surface area contributed by atoms with Crippen LogP contribution in [0.1, 0.15) is 18.4 Å². The number of phenols is 1. The number of benzene rings is 1. The Labute approximate surface area is 116 Å². The minimum Gasteiger partial charge on any atom is -0.506 e. The lowest BCUT2D eigenvalue weighted by atomic mass is 10.1. The standard InChI is InChI=1S/C12H13N3O4S/c13-6-2-1-3-9-4-5-10(11(16)7-9)15-14-12(17)8-20(15,18)19/h4-5,7,16H,1-3,8H2,(H,14,17). The van der Waals surface area contributed by atoms with Gasteiger partial charge >= 0.3 is 0 Å². The molecular weight excluding hydrogens is 282 g/mol. The predicted molar refractivity (Wildman–Crippen MR) is 71.1 cm³/mol. The Kier molecular flexibility index (Phi) is 3.81. The minimum atomic E-state index is -3.78. The van der Waals surface area contributed by atoms with E-state index in [-0.39, 0.29) is 11.4 Å². The second-order valence-corrected chi connectivity index (χ2v) is 6.21. The van der Waals surface area contributed by atoms with Crippen LogP contribution in [0.2, 0.25) is 0 Å². The number of rotatable bonds is 4. The minimum absolute atomic E-state index is 0.0138. The van der Waals surface area contributed by atoms with Crippen LogP contribution in [0.5, 0.6) is 5.75 Å². The first-order valence-electron chi connectivity index (χ1n) is 5.95. The van der Waals surface area contributed by atoms with Gasteiger partial charge in [0.05, 0.1) is 6.07 Å². The van der Waals surface area contributed by atoms with Gasteiger partial charge in [-0.2, -0.15) is 9.68 Å². The molecule has 0 spiro atoms. The number of aromatic hydroxyl groups is 1. The number of nitrogens with zero attached hydrogens (tertiary/aromatic N) is 2.